The third-order valence-electron chi connectivity index (χ3n) is 5.79. The van der Waals surface area contributed by atoms with Crippen LogP contribution in [0.25, 0.3) is 10.9 Å². The van der Waals surface area contributed by atoms with Crippen molar-refractivity contribution in [3.8, 4) is 0 Å². The number of hydrogen-bond donors (Lipinski definition) is 1. The number of sulfonamides is 1. The van der Waals surface area contributed by atoms with Gasteiger partial charge in [0.25, 0.3) is 0 Å². The van der Waals surface area contributed by atoms with Crippen molar-refractivity contribution in [2.75, 3.05) is 19.6 Å². The number of aryl methyl sites for hydroxylation is 1. The fourth-order valence-corrected chi connectivity index (χ4v) is 5.81. The maximum Gasteiger partial charge on any atom is 0.245 e. The Morgan fingerprint density at radius 1 is 1.12 bits per heavy atom. The molecule has 0 radical (unpaired) electrons. The van der Waals surface area contributed by atoms with E-state index in [1.54, 1.807) is 4.31 Å². The van der Waals surface area contributed by atoms with E-state index in [4.69, 9.17) is 0 Å². The number of aromatic nitrogens is 1. The molecule has 6 heteroatoms. The van der Waals surface area contributed by atoms with Gasteiger partial charge in [0, 0.05) is 42.8 Å². The number of nitrogens with one attached hydrogen (secondary N) is 1. The van der Waals surface area contributed by atoms with Crippen molar-refractivity contribution in [1.82, 2.24) is 14.2 Å². The summed E-state index contributed by atoms with van der Waals surface area (Å²) in [5, 5.41) is 4.44. The Labute approximate surface area is 150 Å². The summed E-state index contributed by atoms with van der Waals surface area (Å²) in [6, 6.07) is 8.22. The molecule has 0 bridgehead atoms. The Morgan fingerprint density at radius 2 is 1.80 bits per heavy atom. The number of nitrogens with zero attached hydrogens (tertiary/aromatic N) is 2. The fraction of sp³-hybridized carbons (Fsp3) is 0.579. The van der Waals surface area contributed by atoms with E-state index in [0.29, 0.717) is 24.0 Å². The van der Waals surface area contributed by atoms with Gasteiger partial charge in [-0.15, -0.1) is 0 Å². The highest BCUT2D eigenvalue weighted by Crippen LogP contribution is 2.32. The van der Waals surface area contributed by atoms with Gasteiger partial charge in [-0.1, -0.05) is 18.2 Å². The summed E-state index contributed by atoms with van der Waals surface area (Å²) < 4.78 is 30.3. The molecule has 2 aromatic rings. The highest BCUT2D eigenvalue weighted by molar-refractivity contribution is 7.89. The standard InChI is InChI=1S/C19H27N3O2S/c1-14-19(17-5-3-4-6-18(17)21(14)2)25(23,24)22-11-9-16(10-12-22)20-13-15-7-8-15/h3-6,15-16,20H,7-13H2,1-2H3. The lowest BCUT2D eigenvalue weighted by molar-refractivity contribution is 0.288. The van der Waals surface area contributed by atoms with Crippen molar-refractivity contribution in [3.05, 3.63) is 30.0 Å². The van der Waals surface area contributed by atoms with Gasteiger partial charge in [0.2, 0.25) is 10.0 Å². The highest BCUT2D eigenvalue weighted by Gasteiger charge is 2.33. The van der Waals surface area contributed by atoms with Crippen LogP contribution < -0.4 is 5.32 Å². The van der Waals surface area contributed by atoms with E-state index in [0.717, 1.165) is 41.9 Å². The first-order valence-electron chi connectivity index (χ1n) is 9.26. The monoisotopic (exact) mass is 361 g/mol. The number of fused-ring (bicyclic) bond motifs is 1. The Hall–Kier alpha value is -1.37. The predicted octanol–water partition coefficient (Wildman–Crippen LogP) is 2.64. The van der Waals surface area contributed by atoms with Gasteiger partial charge >= 0.3 is 0 Å². The Morgan fingerprint density at radius 3 is 2.48 bits per heavy atom. The molecule has 1 saturated heterocycles. The van der Waals surface area contributed by atoms with E-state index in [2.05, 4.69) is 5.32 Å². The molecule has 1 aliphatic carbocycles. The summed E-state index contributed by atoms with van der Waals surface area (Å²) in [6.07, 6.45) is 4.49. The van der Waals surface area contributed by atoms with Crippen LogP contribution in [0.1, 0.15) is 31.4 Å². The maximum atomic E-state index is 13.3. The molecule has 136 valence electrons. The summed E-state index contributed by atoms with van der Waals surface area (Å²) in [7, 11) is -1.52. The van der Waals surface area contributed by atoms with Gasteiger partial charge in [-0.05, 0) is 51.1 Å². The summed E-state index contributed by atoms with van der Waals surface area (Å²) in [5.41, 5.74) is 1.79. The third kappa shape index (κ3) is 3.11. The van der Waals surface area contributed by atoms with E-state index in [-0.39, 0.29) is 0 Å². The maximum absolute atomic E-state index is 13.3. The molecule has 2 fully saturated rings. The molecule has 1 aromatic carbocycles. The van der Waals surface area contributed by atoms with Crippen LogP contribution in [0.4, 0.5) is 0 Å². The molecule has 2 aliphatic rings. The molecular weight excluding hydrogens is 334 g/mol. The number of piperidine rings is 1. The van der Waals surface area contributed by atoms with Crippen molar-refractivity contribution in [3.63, 3.8) is 0 Å². The van der Waals surface area contributed by atoms with Crippen molar-refractivity contribution < 1.29 is 8.42 Å². The van der Waals surface area contributed by atoms with Gasteiger partial charge in [0.05, 0.1) is 0 Å². The number of benzene rings is 1. The van der Waals surface area contributed by atoms with Gasteiger partial charge < -0.3 is 9.88 Å². The zero-order valence-corrected chi connectivity index (χ0v) is 15.8. The largest absolute Gasteiger partial charge is 0.347 e. The van der Waals surface area contributed by atoms with Gasteiger partial charge in [0.1, 0.15) is 4.90 Å². The Balaban J connectivity index is 1.55. The SMILES string of the molecule is Cc1c(S(=O)(=O)N2CCC(NCC3CC3)CC2)c2ccccc2n1C. The molecule has 1 aromatic heterocycles. The van der Waals surface area contributed by atoms with E-state index in [1.165, 1.54) is 12.8 Å². The zero-order chi connectivity index (χ0) is 17.6. The minimum Gasteiger partial charge on any atom is -0.347 e. The lowest BCUT2D eigenvalue weighted by Gasteiger charge is -2.32. The molecule has 2 heterocycles. The second kappa shape index (κ2) is 6.41. The molecule has 4 rings (SSSR count). The minimum absolute atomic E-state index is 0.459. The number of para-hydroxylation sites is 1. The van der Waals surface area contributed by atoms with E-state index >= 15 is 0 Å². The Bertz CT molecular complexity index is 875. The topological polar surface area (TPSA) is 54.3 Å². The smallest absolute Gasteiger partial charge is 0.245 e. The van der Waals surface area contributed by atoms with Gasteiger partial charge in [-0.25, -0.2) is 8.42 Å². The summed E-state index contributed by atoms with van der Waals surface area (Å²) in [6.45, 7) is 4.21. The molecule has 1 saturated carbocycles. The average molecular weight is 362 g/mol. The first-order valence-corrected chi connectivity index (χ1v) is 10.7. The average Bonchev–Trinajstić information content (AvgIpc) is 3.40. The minimum atomic E-state index is -3.46. The van der Waals surface area contributed by atoms with Crippen molar-refractivity contribution in [2.45, 2.75) is 43.5 Å². The highest BCUT2D eigenvalue weighted by atomic mass is 32.2. The third-order valence-corrected chi connectivity index (χ3v) is 7.86. The quantitative estimate of drug-likeness (QED) is 0.891. The van der Waals surface area contributed by atoms with Crippen LogP contribution in [0.5, 0.6) is 0 Å². The molecule has 0 spiro atoms. The van der Waals surface area contributed by atoms with Gasteiger partial charge in [-0.3, -0.25) is 0 Å². The van der Waals surface area contributed by atoms with Crippen molar-refractivity contribution in [2.24, 2.45) is 13.0 Å². The normalized spacial score (nSPS) is 20.4. The van der Waals surface area contributed by atoms with Crippen LogP contribution in [0, 0.1) is 12.8 Å². The van der Waals surface area contributed by atoms with Gasteiger partial charge in [0.15, 0.2) is 0 Å². The molecule has 0 atom stereocenters. The van der Waals surface area contributed by atoms with Crippen LogP contribution >= 0.6 is 0 Å². The number of rotatable bonds is 5. The van der Waals surface area contributed by atoms with E-state index < -0.39 is 10.0 Å². The molecule has 5 nitrogen and oxygen atoms in total. The lowest BCUT2D eigenvalue weighted by Crippen LogP contribution is -2.45. The molecule has 25 heavy (non-hydrogen) atoms. The van der Waals surface area contributed by atoms with Crippen molar-refractivity contribution in [1.29, 1.82) is 0 Å². The fourth-order valence-electron chi connectivity index (χ4n) is 3.90. The molecule has 0 amide bonds. The van der Waals surface area contributed by atoms with Crippen LogP contribution in [0.15, 0.2) is 29.2 Å². The van der Waals surface area contributed by atoms with Gasteiger partial charge in [-0.2, -0.15) is 4.31 Å². The first-order chi connectivity index (χ1) is 12.0. The second-order valence-corrected chi connectivity index (χ2v) is 9.40. The predicted molar refractivity (Wildman–Crippen MR) is 100 cm³/mol. The summed E-state index contributed by atoms with van der Waals surface area (Å²) in [4.78, 5) is 0.481. The summed E-state index contributed by atoms with van der Waals surface area (Å²) >= 11 is 0. The second-order valence-electron chi connectivity index (χ2n) is 7.52. The first kappa shape index (κ1) is 17.1. The Kier molecular flexibility index (Phi) is 4.38. The summed E-state index contributed by atoms with van der Waals surface area (Å²) in [5.74, 6) is 0.861. The molecule has 1 N–H and O–H groups in total. The molecule has 1 aliphatic heterocycles. The van der Waals surface area contributed by atoms with Crippen LogP contribution in [0.3, 0.4) is 0 Å². The van der Waals surface area contributed by atoms with E-state index in [9.17, 15) is 8.42 Å². The molecular formula is C19H27N3O2S. The van der Waals surface area contributed by atoms with E-state index in [1.807, 2.05) is 42.8 Å². The van der Waals surface area contributed by atoms with Crippen LogP contribution in [-0.2, 0) is 17.1 Å². The number of hydrogen-bond acceptors (Lipinski definition) is 3. The van der Waals surface area contributed by atoms with Crippen molar-refractivity contribution >= 4 is 20.9 Å². The lowest BCUT2D eigenvalue weighted by atomic mass is 10.1. The molecule has 0 unspecified atom stereocenters. The van der Waals surface area contributed by atoms with Crippen LogP contribution in [-0.4, -0.2) is 43.0 Å². The zero-order valence-electron chi connectivity index (χ0n) is 15.0. The van der Waals surface area contributed by atoms with Crippen LogP contribution in [0.2, 0.25) is 0 Å².